The summed E-state index contributed by atoms with van der Waals surface area (Å²) in [6.07, 6.45) is 0.182. The molecule has 0 fully saturated rings. The molecule has 0 aliphatic rings. The lowest BCUT2D eigenvalue weighted by atomic mass is 9.93. The third-order valence-corrected chi connectivity index (χ3v) is 2.86. The molecule has 0 bridgehead atoms. The molecule has 0 radical (unpaired) electrons. The summed E-state index contributed by atoms with van der Waals surface area (Å²) in [6.45, 7) is 10.0. The van der Waals surface area contributed by atoms with Gasteiger partial charge >= 0.3 is 0 Å². The normalized spacial score (nSPS) is 11.7. The highest BCUT2D eigenvalue weighted by atomic mass is 16.5. The Bertz CT molecular complexity index is 375. The van der Waals surface area contributed by atoms with Crippen LogP contribution in [-0.4, -0.2) is 26.2 Å². The van der Waals surface area contributed by atoms with E-state index in [2.05, 4.69) is 31.9 Å². The third-order valence-electron chi connectivity index (χ3n) is 2.86. The summed E-state index contributed by atoms with van der Waals surface area (Å²) >= 11 is 0. The van der Waals surface area contributed by atoms with Crippen LogP contribution in [0.15, 0.2) is 24.3 Å². The first kappa shape index (κ1) is 14.8. The average molecular weight is 250 g/mol. The van der Waals surface area contributed by atoms with Gasteiger partial charge in [-0.1, -0.05) is 26.0 Å². The summed E-state index contributed by atoms with van der Waals surface area (Å²) in [6, 6.07) is 8.14. The first-order chi connectivity index (χ1) is 8.35. The largest absolute Gasteiger partial charge is 0.489 e. The van der Waals surface area contributed by atoms with Crippen LogP contribution < -0.4 is 15.4 Å². The summed E-state index contributed by atoms with van der Waals surface area (Å²) in [7, 11) is 2.08. The van der Waals surface area contributed by atoms with Gasteiger partial charge in [0.1, 0.15) is 5.75 Å². The number of nitrogens with zero attached hydrogens (tertiary/aromatic N) is 1. The van der Waals surface area contributed by atoms with E-state index in [1.807, 2.05) is 32.0 Å². The van der Waals surface area contributed by atoms with E-state index >= 15 is 0 Å². The summed E-state index contributed by atoms with van der Waals surface area (Å²) < 4.78 is 5.84. The number of benzene rings is 1. The third kappa shape index (κ3) is 4.22. The Morgan fingerprint density at radius 2 is 1.89 bits per heavy atom. The van der Waals surface area contributed by atoms with Gasteiger partial charge in [0.25, 0.3) is 0 Å². The van der Waals surface area contributed by atoms with Gasteiger partial charge in [0.05, 0.1) is 11.8 Å². The molecular weight excluding hydrogens is 224 g/mol. The van der Waals surface area contributed by atoms with Gasteiger partial charge in [0, 0.05) is 13.6 Å². The van der Waals surface area contributed by atoms with E-state index in [-0.39, 0.29) is 11.5 Å². The van der Waals surface area contributed by atoms with Gasteiger partial charge < -0.3 is 15.4 Å². The Balaban J connectivity index is 2.88. The van der Waals surface area contributed by atoms with E-state index in [1.165, 1.54) is 0 Å². The molecule has 0 aliphatic carbocycles. The molecule has 102 valence electrons. The van der Waals surface area contributed by atoms with E-state index in [4.69, 9.17) is 10.5 Å². The Morgan fingerprint density at radius 3 is 2.44 bits per heavy atom. The van der Waals surface area contributed by atoms with E-state index in [1.54, 1.807) is 0 Å². The van der Waals surface area contributed by atoms with Gasteiger partial charge in [-0.15, -0.1) is 0 Å². The highest BCUT2D eigenvalue weighted by molar-refractivity contribution is 5.58. The van der Waals surface area contributed by atoms with Crippen LogP contribution in [0, 0.1) is 5.41 Å². The van der Waals surface area contributed by atoms with Crippen LogP contribution in [0.1, 0.15) is 27.7 Å². The first-order valence-electron chi connectivity index (χ1n) is 6.52. The molecule has 0 unspecified atom stereocenters. The van der Waals surface area contributed by atoms with Gasteiger partial charge in [0.15, 0.2) is 0 Å². The molecule has 0 atom stereocenters. The zero-order valence-electron chi connectivity index (χ0n) is 12.2. The zero-order valence-corrected chi connectivity index (χ0v) is 12.2. The minimum absolute atomic E-state index is 0.0969. The van der Waals surface area contributed by atoms with Crippen molar-refractivity contribution in [2.75, 3.05) is 25.0 Å². The van der Waals surface area contributed by atoms with E-state index in [0.717, 1.165) is 18.0 Å². The van der Waals surface area contributed by atoms with Crippen LogP contribution in [-0.2, 0) is 0 Å². The predicted octanol–water partition coefficient (Wildman–Crippen LogP) is 2.89. The molecule has 0 saturated heterocycles. The van der Waals surface area contributed by atoms with Crippen molar-refractivity contribution in [2.45, 2.75) is 33.8 Å². The number of rotatable bonds is 6. The number of para-hydroxylation sites is 2. The SMILES string of the molecule is CC(C)Oc1ccccc1N(C)CC(C)(C)CN. The highest BCUT2D eigenvalue weighted by Crippen LogP contribution is 2.30. The fourth-order valence-corrected chi connectivity index (χ4v) is 1.92. The molecule has 3 heteroatoms. The van der Waals surface area contributed by atoms with Gasteiger partial charge in [-0.2, -0.15) is 0 Å². The van der Waals surface area contributed by atoms with Crippen molar-refractivity contribution in [3.8, 4) is 5.75 Å². The van der Waals surface area contributed by atoms with Crippen molar-refractivity contribution in [3.63, 3.8) is 0 Å². The number of hydrogen-bond acceptors (Lipinski definition) is 3. The first-order valence-corrected chi connectivity index (χ1v) is 6.52. The topological polar surface area (TPSA) is 38.5 Å². The molecule has 1 aromatic rings. The number of anilines is 1. The van der Waals surface area contributed by atoms with Crippen LogP contribution in [0.2, 0.25) is 0 Å². The van der Waals surface area contributed by atoms with Crippen molar-refractivity contribution in [2.24, 2.45) is 11.1 Å². The van der Waals surface area contributed by atoms with E-state index in [9.17, 15) is 0 Å². The quantitative estimate of drug-likeness (QED) is 0.843. The minimum atomic E-state index is 0.0969. The second kappa shape index (κ2) is 6.10. The highest BCUT2D eigenvalue weighted by Gasteiger charge is 2.20. The van der Waals surface area contributed by atoms with Crippen LogP contribution in [0.3, 0.4) is 0 Å². The van der Waals surface area contributed by atoms with Crippen LogP contribution in [0.25, 0.3) is 0 Å². The molecule has 1 aromatic carbocycles. The maximum Gasteiger partial charge on any atom is 0.142 e. The molecule has 18 heavy (non-hydrogen) atoms. The molecule has 0 aromatic heterocycles. The molecule has 2 N–H and O–H groups in total. The smallest absolute Gasteiger partial charge is 0.142 e. The monoisotopic (exact) mass is 250 g/mol. The van der Waals surface area contributed by atoms with Crippen molar-refractivity contribution in [1.29, 1.82) is 0 Å². The van der Waals surface area contributed by atoms with Crippen molar-refractivity contribution in [3.05, 3.63) is 24.3 Å². The lowest BCUT2D eigenvalue weighted by Gasteiger charge is -2.31. The molecule has 0 aliphatic heterocycles. The fourth-order valence-electron chi connectivity index (χ4n) is 1.92. The molecule has 0 heterocycles. The van der Waals surface area contributed by atoms with Crippen LogP contribution in [0.4, 0.5) is 5.69 Å². The Labute approximate surface area is 111 Å². The molecule has 0 spiro atoms. The van der Waals surface area contributed by atoms with Gasteiger partial charge in [-0.05, 0) is 37.9 Å². The Kier molecular flexibility index (Phi) is 5.03. The summed E-state index contributed by atoms with van der Waals surface area (Å²) in [5, 5.41) is 0. The second-order valence-corrected chi connectivity index (χ2v) is 5.86. The van der Waals surface area contributed by atoms with Crippen LogP contribution in [0.5, 0.6) is 5.75 Å². The van der Waals surface area contributed by atoms with Crippen molar-refractivity contribution in [1.82, 2.24) is 0 Å². The van der Waals surface area contributed by atoms with Crippen LogP contribution >= 0.6 is 0 Å². The average Bonchev–Trinajstić information content (AvgIpc) is 2.28. The maximum absolute atomic E-state index is 5.84. The number of nitrogens with two attached hydrogens (primary N) is 1. The summed E-state index contributed by atoms with van der Waals surface area (Å²) in [5.41, 5.74) is 7.01. The number of hydrogen-bond donors (Lipinski definition) is 1. The lowest BCUT2D eigenvalue weighted by Crippen LogP contribution is -2.37. The Morgan fingerprint density at radius 1 is 1.28 bits per heavy atom. The zero-order chi connectivity index (χ0) is 13.8. The van der Waals surface area contributed by atoms with Gasteiger partial charge in [-0.25, -0.2) is 0 Å². The van der Waals surface area contributed by atoms with Crippen molar-refractivity contribution >= 4 is 5.69 Å². The summed E-state index contributed by atoms with van der Waals surface area (Å²) in [4.78, 5) is 2.21. The molecule has 1 rings (SSSR count). The van der Waals surface area contributed by atoms with Gasteiger partial charge in [0.2, 0.25) is 0 Å². The van der Waals surface area contributed by atoms with Crippen molar-refractivity contribution < 1.29 is 4.74 Å². The van der Waals surface area contributed by atoms with Gasteiger partial charge in [-0.3, -0.25) is 0 Å². The Hall–Kier alpha value is -1.22. The summed E-state index contributed by atoms with van der Waals surface area (Å²) in [5.74, 6) is 0.933. The standard InChI is InChI=1S/C15H26N2O/c1-12(2)18-14-9-7-6-8-13(14)17(5)11-15(3,4)10-16/h6-9,12H,10-11,16H2,1-5H3. The predicted molar refractivity (Wildman–Crippen MR) is 78.3 cm³/mol. The molecule has 0 amide bonds. The molecular formula is C15H26N2O. The molecule has 0 saturated carbocycles. The fraction of sp³-hybridized carbons (Fsp3) is 0.600. The maximum atomic E-state index is 5.84. The van der Waals surface area contributed by atoms with E-state index in [0.29, 0.717) is 6.54 Å². The van der Waals surface area contributed by atoms with E-state index < -0.39 is 0 Å². The number of ether oxygens (including phenoxy) is 1. The second-order valence-electron chi connectivity index (χ2n) is 5.86. The minimum Gasteiger partial charge on any atom is -0.489 e. The molecule has 3 nitrogen and oxygen atoms in total. The lowest BCUT2D eigenvalue weighted by molar-refractivity contribution is 0.242.